The largest absolute Gasteiger partial charge is 0.396 e. The zero-order valence-corrected chi connectivity index (χ0v) is 12.0. The maximum Gasteiger partial charge on any atom is 0.263 e. The van der Waals surface area contributed by atoms with E-state index in [-0.39, 0.29) is 12.5 Å². The Balaban J connectivity index is 1.99. The first kappa shape index (κ1) is 13.1. The van der Waals surface area contributed by atoms with Crippen LogP contribution in [0.3, 0.4) is 0 Å². The number of thiophene rings is 1. The fourth-order valence-corrected chi connectivity index (χ4v) is 3.61. The summed E-state index contributed by atoms with van der Waals surface area (Å²) in [4.78, 5) is 14.9. The van der Waals surface area contributed by atoms with Gasteiger partial charge in [0.25, 0.3) is 5.91 Å². The predicted octanol–water partition coefficient (Wildman–Crippen LogP) is 2.75. The van der Waals surface area contributed by atoms with Gasteiger partial charge in [-0.15, -0.1) is 11.3 Å². The van der Waals surface area contributed by atoms with E-state index in [0.29, 0.717) is 5.92 Å². The third-order valence-electron chi connectivity index (χ3n) is 3.13. The van der Waals surface area contributed by atoms with Crippen molar-refractivity contribution in [1.29, 1.82) is 0 Å². The molecule has 1 saturated heterocycles. The smallest absolute Gasteiger partial charge is 0.263 e. The molecule has 5 heteroatoms. The molecule has 0 aromatic carbocycles. The number of nitrogens with zero attached hydrogens (tertiary/aromatic N) is 1. The van der Waals surface area contributed by atoms with Crippen molar-refractivity contribution < 1.29 is 9.90 Å². The summed E-state index contributed by atoms with van der Waals surface area (Å²) in [6.07, 6.45) is 2.97. The van der Waals surface area contributed by atoms with Crippen molar-refractivity contribution in [1.82, 2.24) is 4.90 Å². The average molecular weight is 318 g/mol. The fourth-order valence-electron chi connectivity index (χ4n) is 2.25. The van der Waals surface area contributed by atoms with Crippen molar-refractivity contribution in [3.63, 3.8) is 0 Å². The molecule has 1 N–H and O–H groups in total. The molecule has 1 aliphatic rings. The van der Waals surface area contributed by atoms with E-state index in [4.69, 9.17) is 5.11 Å². The minimum Gasteiger partial charge on any atom is -0.396 e. The molecule has 0 saturated carbocycles. The normalized spacial score (nSPS) is 20.6. The van der Waals surface area contributed by atoms with Gasteiger partial charge in [-0.2, -0.15) is 0 Å². The van der Waals surface area contributed by atoms with E-state index in [1.807, 2.05) is 17.0 Å². The second kappa shape index (κ2) is 5.98. The van der Waals surface area contributed by atoms with Crippen molar-refractivity contribution in [2.24, 2.45) is 5.92 Å². The Morgan fingerprint density at radius 2 is 2.41 bits per heavy atom. The van der Waals surface area contributed by atoms with Gasteiger partial charge in [-0.05, 0) is 53.2 Å². The first-order chi connectivity index (χ1) is 8.20. The number of carbonyl (C=O) groups is 1. The van der Waals surface area contributed by atoms with E-state index in [1.54, 1.807) is 0 Å². The standard InChI is InChI=1S/C12H16BrNO2S/c13-11-4-3-10(17-11)12(16)14-6-1-2-9(8-14)5-7-15/h3-4,9,15H,1-2,5-8H2. The Morgan fingerprint density at radius 1 is 1.59 bits per heavy atom. The summed E-state index contributed by atoms with van der Waals surface area (Å²) in [5.41, 5.74) is 0. The molecule has 3 nitrogen and oxygen atoms in total. The number of likely N-dealkylation sites (tertiary alicyclic amines) is 1. The van der Waals surface area contributed by atoms with Crippen molar-refractivity contribution >= 4 is 33.2 Å². The van der Waals surface area contributed by atoms with Gasteiger partial charge in [-0.3, -0.25) is 4.79 Å². The Hall–Kier alpha value is -0.390. The van der Waals surface area contributed by atoms with Crippen molar-refractivity contribution in [2.45, 2.75) is 19.3 Å². The van der Waals surface area contributed by atoms with Crippen LogP contribution in [-0.4, -0.2) is 35.6 Å². The van der Waals surface area contributed by atoms with Gasteiger partial charge < -0.3 is 10.0 Å². The Labute approximate surface area is 114 Å². The van der Waals surface area contributed by atoms with E-state index in [1.165, 1.54) is 11.3 Å². The lowest BCUT2D eigenvalue weighted by Crippen LogP contribution is -2.39. The molecule has 1 fully saturated rings. The maximum absolute atomic E-state index is 12.2. The lowest BCUT2D eigenvalue weighted by Gasteiger charge is -2.32. The summed E-state index contributed by atoms with van der Waals surface area (Å²) >= 11 is 4.86. The van der Waals surface area contributed by atoms with E-state index >= 15 is 0 Å². The van der Waals surface area contributed by atoms with Gasteiger partial charge in [0.1, 0.15) is 0 Å². The SMILES string of the molecule is O=C(c1ccc(Br)s1)N1CCCC(CCO)C1. The molecule has 1 aliphatic heterocycles. The molecule has 1 aromatic heterocycles. The zero-order chi connectivity index (χ0) is 12.3. The predicted molar refractivity (Wildman–Crippen MR) is 72.3 cm³/mol. The van der Waals surface area contributed by atoms with Gasteiger partial charge in [-0.25, -0.2) is 0 Å². The molecule has 2 rings (SSSR count). The number of hydrogen-bond donors (Lipinski definition) is 1. The van der Waals surface area contributed by atoms with Gasteiger partial charge in [0.15, 0.2) is 0 Å². The second-order valence-electron chi connectivity index (χ2n) is 4.38. The van der Waals surface area contributed by atoms with Crippen molar-refractivity contribution in [3.8, 4) is 0 Å². The van der Waals surface area contributed by atoms with E-state index in [2.05, 4.69) is 15.9 Å². The fraction of sp³-hybridized carbons (Fsp3) is 0.583. The number of carbonyl (C=O) groups excluding carboxylic acids is 1. The number of rotatable bonds is 3. The molecular formula is C12H16BrNO2S. The molecule has 1 atom stereocenters. The summed E-state index contributed by atoms with van der Waals surface area (Å²) in [6.45, 7) is 1.85. The molecule has 1 amide bonds. The summed E-state index contributed by atoms with van der Waals surface area (Å²) in [6, 6.07) is 3.78. The summed E-state index contributed by atoms with van der Waals surface area (Å²) in [5.74, 6) is 0.587. The first-order valence-electron chi connectivity index (χ1n) is 5.86. The summed E-state index contributed by atoms with van der Waals surface area (Å²) < 4.78 is 0.991. The summed E-state index contributed by atoms with van der Waals surface area (Å²) in [7, 11) is 0. The molecule has 0 radical (unpaired) electrons. The highest BCUT2D eigenvalue weighted by atomic mass is 79.9. The van der Waals surface area contributed by atoms with Crippen LogP contribution in [0.5, 0.6) is 0 Å². The van der Waals surface area contributed by atoms with Gasteiger partial charge in [-0.1, -0.05) is 0 Å². The molecule has 17 heavy (non-hydrogen) atoms. The van der Waals surface area contributed by atoms with Crippen LogP contribution in [0, 0.1) is 5.92 Å². The van der Waals surface area contributed by atoms with Crippen LogP contribution < -0.4 is 0 Å². The van der Waals surface area contributed by atoms with Crippen molar-refractivity contribution in [3.05, 3.63) is 20.8 Å². The van der Waals surface area contributed by atoms with Crippen LogP contribution in [0.15, 0.2) is 15.9 Å². The van der Waals surface area contributed by atoms with E-state index < -0.39 is 0 Å². The van der Waals surface area contributed by atoms with Crippen LogP contribution in [0.4, 0.5) is 0 Å². The highest BCUT2D eigenvalue weighted by molar-refractivity contribution is 9.11. The zero-order valence-electron chi connectivity index (χ0n) is 9.56. The molecule has 1 unspecified atom stereocenters. The quantitative estimate of drug-likeness (QED) is 0.931. The molecular weight excluding hydrogens is 302 g/mol. The second-order valence-corrected chi connectivity index (χ2v) is 6.84. The molecule has 1 aromatic rings. The van der Waals surface area contributed by atoms with Crippen LogP contribution in [0.1, 0.15) is 28.9 Å². The van der Waals surface area contributed by atoms with Crippen LogP contribution in [0.2, 0.25) is 0 Å². The molecule has 0 aliphatic carbocycles. The lowest BCUT2D eigenvalue weighted by atomic mass is 9.95. The highest BCUT2D eigenvalue weighted by Crippen LogP contribution is 2.26. The monoisotopic (exact) mass is 317 g/mol. The lowest BCUT2D eigenvalue weighted by molar-refractivity contribution is 0.0658. The molecule has 0 spiro atoms. The summed E-state index contributed by atoms with van der Waals surface area (Å²) in [5, 5.41) is 8.96. The van der Waals surface area contributed by atoms with E-state index in [9.17, 15) is 4.79 Å². The maximum atomic E-state index is 12.2. The number of hydrogen-bond acceptors (Lipinski definition) is 3. The number of piperidine rings is 1. The molecule has 2 heterocycles. The van der Waals surface area contributed by atoms with Crippen LogP contribution in [0.25, 0.3) is 0 Å². The number of aliphatic hydroxyl groups is 1. The van der Waals surface area contributed by atoms with Crippen LogP contribution >= 0.6 is 27.3 Å². The third-order valence-corrected chi connectivity index (χ3v) is 4.74. The topological polar surface area (TPSA) is 40.5 Å². The third kappa shape index (κ3) is 3.30. The Kier molecular flexibility index (Phi) is 4.59. The Morgan fingerprint density at radius 3 is 3.06 bits per heavy atom. The Bertz CT molecular complexity index is 392. The highest BCUT2D eigenvalue weighted by Gasteiger charge is 2.24. The van der Waals surface area contributed by atoms with Gasteiger partial charge >= 0.3 is 0 Å². The van der Waals surface area contributed by atoms with Crippen LogP contribution in [-0.2, 0) is 0 Å². The van der Waals surface area contributed by atoms with E-state index in [0.717, 1.165) is 41.0 Å². The minimum absolute atomic E-state index is 0.128. The van der Waals surface area contributed by atoms with Gasteiger partial charge in [0.2, 0.25) is 0 Å². The minimum atomic E-state index is 0.128. The number of halogens is 1. The number of amides is 1. The molecule has 0 bridgehead atoms. The van der Waals surface area contributed by atoms with Gasteiger partial charge in [0, 0.05) is 19.7 Å². The van der Waals surface area contributed by atoms with Gasteiger partial charge in [0.05, 0.1) is 8.66 Å². The van der Waals surface area contributed by atoms with Crippen molar-refractivity contribution in [2.75, 3.05) is 19.7 Å². The first-order valence-corrected chi connectivity index (χ1v) is 7.47. The average Bonchev–Trinajstić information content (AvgIpc) is 2.76. The number of aliphatic hydroxyl groups excluding tert-OH is 1. The molecule has 94 valence electrons.